The van der Waals surface area contributed by atoms with Crippen LogP contribution in [0.3, 0.4) is 0 Å². The van der Waals surface area contributed by atoms with Crippen molar-refractivity contribution in [2.75, 3.05) is 26.7 Å². The molecule has 1 N–H and O–H groups in total. The Labute approximate surface area is 118 Å². The molecule has 1 aromatic rings. The zero-order valence-electron chi connectivity index (χ0n) is 12.9. The van der Waals surface area contributed by atoms with Gasteiger partial charge in [-0.1, -0.05) is 25.1 Å². The van der Waals surface area contributed by atoms with Crippen molar-refractivity contribution >= 4 is 0 Å². The van der Waals surface area contributed by atoms with Crippen molar-refractivity contribution in [3.8, 4) is 0 Å². The Kier molecular flexibility index (Phi) is 5.00. The van der Waals surface area contributed by atoms with Crippen LogP contribution in [0.2, 0.25) is 0 Å². The molecule has 1 saturated heterocycles. The van der Waals surface area contributed by atoms with E-state index >= 15 is 0 Å². The van der Waals surface area contributed by atoms with Crippen LogP contribution in [0, 0.1) is 19.8 Å². The van der Waals surface area contributed by atoms with Crippen LogP contribution in [0.4, 0.5) is 0 Å². The fourth-order valence-corrected chi connectivity index (χ4v) is 3.55. The normalized spacial score (nSPS) is 24.6. The van der Waals surface area contributed by atoms with Crippen molar-refractivity contribution in [1.82, 2.24) is 10.2 Å². The molecule has 0 aliphatic carbocycles. The Morgan fingerprint density at radius 3 is 2.58 bits per heavy atom. The largest absolute Gasteiger partial charge is 0.317 e. The molecule has 106 valence electrons. The smallest absolute Gasteiger partial charge is 0.0390 e. The molecule has 19 heavy (non-hydrogen) atoms. The minimum atomic E-state index is 0.578. The first-order chi connectivity index (χ1) is 9.15. The van der Waals surface area contributed by atoms with Crippen LogP contribution >= 0.6 is 0 Å². The number of likely N-dealkylation sites (tertiary alicyclic amines) is 1. The lowest BCUT2D eigenvalue weighted by Crippen LogP contribution is -2.41. The number of nitrogens with one attached hydrogen (secondary N) is 1. The number of aryl methyl sites for hydroxylation is 2. The van der Waals surface area contributed by atoms with Crippen LogP contribution in [-0.4, -0.2) is 31.6 Å². The lowest BCUT2D eigenvalue weighted by molar-refractivity contribution is 0.119. The Hall–Kier alpha value is -0.860. The predicted molar refractivity (Wildman–Crippen MR) is 82.6 cm³/mol. The van der Waals surface area contributed by atoms with Crippen LogP contribution in [0.25, 0.3) is 0 Å². The van der Waals surface area contributed by atoms with Gasteiger partial charge in [-0.05, 0) is 76.0 Å². The van der Waals surface area contributed by atoms with Crippen molar-refractivity contribution in [2.24, 2.45) is 5.92 Å². The van der Waals surface area contributed by atoms with Crippen molar-refractivity contribution in [1.29, 1.82) is 0 Å². The Morgan fingerprint density at radius 1 is 1.26 bits per heavy atom. The monoisotopic (exact) mass is 260 g/mol. The molecule has 0 spiro atoms. The van der Waals surface area contributed by atoms with Crippen molar-refractivity contribution in [3.05, 3.63) is 34.9 Å². The molecule has 0 bridgehead atoms. The molecular formula is C17H28N2. The maximum Gasteiger partial charge on any atom is 0.0390 e. The van der Waals surface area contributed by atoms with Crippen LogP contribution in [0.1, 0.15) is 42.5 Å². The van der Waals surface area contributed by atoms with E-state index < -0.39 is 0 Å². The molecule has 2 unspecified atom stereocenters. The highest BCUT2D eigenvalue weighted by Crippen LogP contribution is 2.37. The molecule has 1 fully saturated rings. The van der Waals surface area contributed by atoms with Gasteiger partial charge in [-0.25, -0.2) is 0 Å². The summed E-state index contributed by atoms with van der Waals surface area (Å²) >= 11 is 0. The van der Waals surface area contributed by atoms with E-state index in [-0.39, 0.29) is 0 Å². The first-order valence-electron chi connectivity index (χ1n) is 7.62. The molecule has 0 saturated carbocycles. The zero-order chi connectivity index (χ0) is 13.8. The highest BCUT2D eigenvalue weighted by atomic mass is 15.1. The molecule has 2 nitrogen and oxygen atoms in total. The van der Waals surface area contributed by atoms with Gasteiger partial charge in [0.05, 0.1) is 0 Å². The third kappa shape index (κ3) is 3.18. The average Bonchev–Trinajstić information content (AvgIpc) is 2.38. The Morgan fingerprint density at radius 2 is 1.95 bits per heavy atom. The first kappa shape index (κ1) is 14.5. The summed E-state index contributed by atoms with van der Waals surface area (Å²) in [7, 11) is 2.29. The van der Waals surface area contributed by atoms with E-state index in [9.17, 15) is 0 Å². The van der Waals surface area contributed by atoms with E-state index in [2.05, 4.69) is 56.2 Å². The van der Waals surface area contributed by atoms with Gasteiger partial charge in [0.1, 0.15) is 0 Å². The van der Waals surface area contributed by atoms with E-state index in [1.807, 2.05) is 0 Å². The summed E-state index contributed by atoms with van der Waals surface area (Å²) in [6, 6.07) is 7.27. The third-order valence-electron chi connectivity index (χ3n) is 4.50. The van der Waals surface area contributed by atoms with Crippen LogP contribution in [0.15, 0.2) is 18.2 Å². The molecule has 2 atom stereocenters. The summed E-state index contributed by atoms with van der Waals surface area (Å²) < 4.78 is 0. The molecule has 1 aliphatic rings. The van der Waals surface area contributed by atoms with Gasteiger partial charge in [0.2, 0.25) is 0 Å². The minimum absolute atomic E-state index is 0.578. The molecule has 2 rings (SSSR count). The molecule has 0 amide bonds. The van der Waals surface area contributed by atoms with Gasteiger partial charge in [-0.3, -0.25) is 4.90 Å². The quantitative estimate of drug-likeness (QED) is 0.893. The van der Waals surface area contributed by atoms with Crippen molar-refractivity contribution in [3.63, 3.8) is 0 Å². The van der Waals surface area contributed by atoms with Gasteiger partial charge < -0.3 is 5.32 Å². The topological polar surface area (TPSA) is 15.3 Å². The summed E-state index contributed by atoms with van der Waals surface area (Å²) in [6.07, 6.45) is 2.67. The number of rotatable bonds is 4. The lowest BCUT2D eigenvalue weighted by Gasteiger charge is -2.41. The summed E-state index contributed by atoms with van der Waals surface area (Å²) in [5.74, 6) is 0.735. The van der Waals surface area contributed by atoms with E-state index in [0.717, 1.165) is 19.0 Å². The van der Waals surface area contributed by atoms with Gasteiger partial charge in [0, 0.05) is 6.04 Å². The molecule has 1 aromatic carbocycles. The van der Waals surface area contributed by atoms with Gasteiger partial charge in [0.25, 0.3) is 0 Å². The zero-order valence-corrected chi connectivity index (χ0v) is 12.9. The van der Waals surface area contributed by atoms with Crippen LogP contribution in [-0.2, 0) is 0 Å². The van der Waals surface area contributed by atoms with E-state index in [1.54, 1.807) is 5.56 Å². The fourth-order valence-electron chi connectivity index (χ4n) is 3.55. The lowest BCUT2D eigenvalue weighted by atomic mass is 9.81. The summed E-state index contributed by atoms with van der Waals surface area (Å²) in [4.78, 5) is 2.56. The maximum absolute atomic E-state index is 3.55. The van der Waals surface area contributed by atoms with E-state index in [1.165, 1.54) is 30.5 Å². The average molecular weight is 260 g/mol. The third-order valence-corrected chi connectivity index (χ3v) is 4.50. The summed E-state index contributed by atoms with van der Waals surface area (Å²) in [5.41, 5.74) is 4.45. The number of hydrogen-bond donors (Lipinski definition) is 1. The number of benzene rings is 1. The maximum atomic E-state index is 3.55. The number of nitrogens with zero attached hydrogens (tertiary/aromatic N) is 1. The standard InChI is InChI=1S/C17H28N2/c1-5-18-12-15-10-7-11-19(4)17(15)16-13(2)8-6-9-14(16)3/h6,8-9,15,17-18H,5,7,10-12H2,1-4H3. The number of piperidine rings is 1. The minimum Gasteiger partial charge on any atom is -0.317 e. The molecule has 2 heteroatoms. The molecule has 0 aromatic heterocycles. The van der Waals surface area contributed by atoms with Gasteiger partial charge in [0.15, 0.2) is 0 Å². The van der Waals surface area contributed by atoms with Crippen LogP contribution in [0.5, 0.6) is 0 Å². The van der Waals surface area contributed by atoms with Crippen molar-refractivity contribution in [2.45, 2.75) is 39.7 Å². The second-order valence-corrected chi connectivity index (χ2v) is 5.94. The fraction of sp³-hybridized carbons (Fsp3) is 0.647. The molecule has 1 heterocycles. The molecule has 1 aliphatic heterocycles. The Balaban J connectivity index is 2.30. The van der Waals surface area contributed by atoms with Gasteiger partial charge >= 0.3 is 0 Å². The second kappa shape index (κ2) is 6.53. The highest BCUT2D eigenvalue weighted by molar-refractivity contribution is 5.37. The SMILES string of the molecule is CCNCC1CCCN(C)C1c1c(C)cccc1C. The van der Waals surface area contributed by atoms with Crippen LogP contribution < -0.4 is 5.32 Å². The van der Waals surface area contributed by atoms with Crippen molar-refractivity contribution < 1.29 is 0 Å². The summed E-state index contributed by atoms with van der Waals surface area (Å²) in [5, 5.41) is 3.55. The molecule has 0 radical (unpaired) electrons. The van der Waals surface area contributed by atoms with E-state index in [4.69, 9.17) is 0 Å². The number of hydrogen-bond acceptors (Lipinski definition) is 2. The Bertz CT molecular complexity index is 393. The predicted octanol–water partition coefficient (Wildman–Crippen LogP) is 3.30. The first-order valence-corrected chi connectivity index (χ1v) is 7.62. The van der Waals surface area contributed by atoms with Gasteiger partial charge in [-0.2, -0.15) is 0 Å². The van der Waals surface area contributed by atoms with Gasteiger partial charge in [-0.15, -0.1) is 0 Å². The second-order valence-electron chi connectivity index (χ2n) is 5.94. The summed E-state index contributed by atoms with van der Waals surface area (Å²) in [6.45, 7) is 10.1. The van der Waals surface area contributed by atoms with E-state index in [0.29, 0.717) is 6.04 Å². The molecular weight excluding hydrogens is 232 g/mol. The highest BCUT2D eigenvalue weighted by Gasteiger charge is 2.31.